The lowest BCUT2D eigenvalue weighted by Crippen LogP contribution is -2.39. The zero-order chi connectivity index (χ0) is 21.0. The van der Waals surface area contributed by atoms with Gasteiger partial charge in [0.2, 0.25) is 5.75 Å². The van der Waals surface area contributed by atoms with E-state index in [1.165, 1.54) is 0 Å². The van der Waals surface area contributed by atoms with Crippen molar-refractivity contribution in [1.29, 1.82) is 0 Å². The number of aliphatic carboxylic acids is 1. The molecule has 0 aliphatic carbocycles. The monoisotopic (exact) mass is 401 g/mol. The molecule has 0 aromatic heterocycles. The van der Waals surface area contributed by atoms with Gasteiger partial charge in [-0.2, -0.15) is 0 Å². The summed E-state index contributed by atoms with van der Waals surface area (Å²) in [6.07, 6.45) is 1.42. The van der Waals surface area contributed by atoms with Crippen molar-refractivity contribution in [3.63, 3.8) is 0 Å². The molecule has 1 saturated heterocycles. The molecule has 2 aromatic carbocycles. The Bertz CT molecular complexity index is 868. The lowest BCUT2D eigenvalue weighted by Gasteiger charge is -2.33. The number of likely N-dealkylation sites (tertiary alicyclic amines) is 1. The normalized spacial score (nSPS) is 17.6. The minimum Gasteiger partial charge on any atom is -0.497 e. The summed E-state index contributed by atoms with van der Waals surface area (Å²) >= 11 is 0. The second-order valence-corrected chi connectivity index (χ2v) is 6.84. The zero-order valence-electron chi connectivity index (χ0n) is 17.2. The molecule has 0 bridgehead atoms. The predicted octanol–water partition coefficient (Wildman–Crippen LogP) is 3.36. The van der Waals surface area contributed by atoms with Crippen LogP contribution in [0.1, 0.15) is 30.0 Å². The third kappa shape index (κ3) is 3.96. The molecule has 156 valence electrons. The summed E-state index contributed by atoms with van der Waals surface area (Å²) in [5.41, 5.74) is 1.73. The van der Waals surface area contributed by atoms with Crippen LogP contribution >= 0.6 is 0 Å². The van der Waals surface area contributed by atoms with Gasteiger partial charge in [0, 0.05) is 12.1 Å². The van der Waals surface area contributed by atoms with Crippen LogP contribution in [0.2, 0.25) is 0 Å². The molecule has 0 saturated carbocycles. The molecule has 29 heavy (non-hydrogen) atoms. The van der Waals surface area contributed by atoms with Gasteiger partial charge in [-0.1, -0.05) is 12.1 Å². The Balaban J connectivity index is 2.22. The van der Waals surface area contributed by atoms with Crippen molar-refractivity contribution in [2.75, 3.05) is 35.0 Å². The maximum absolute atomic E-state index is 11.9. The highest BCUT2D eigenvalue weighted by Gasteiger charge is 2.38. The number of carbonyl (C=O) groups is 1. The van der Waals surface area contributed by atoms with Crippen molar-refractivity contribution in [2.45, 2.75) is 24.9 Å². The quantitative estimate of drug-likeness (QED) is 0.727. The van der Waals surface area contributed by atoms with E-state index in [-0.39, 0.29) is 6.04 Å². The fraction of sp³-hybridized carbons (Fsp3) is 0.409. The van der Waals surface area contributed by atoms with Crippen LogP contribution in [-0.4, -0.2) is 57.0 Å². The van der Waals surface area contributed by atoms with Gasteiger partial charge in [-0.05, 0) is 42.7 Å². The molecule has 2 atom stereocenters. The molecule has 7 nitrogen and oxygen atoms in total. The highest BCUT2D eigenvalue weighted by molar-refractivity contribution is 5.74. The fourth-order valence-corrected chi connectivity index (χ4v) is 4.06. The molecule has 2 aromatic rings. The van der Waals surface area contributed by atoms with Gasteiger partial charge in [0.15, 0.2) is 11.5 Å². The SMILES string of the molecule is COc1cccc(C(c2ccc(OC)c(OC)c2OC)N2CCCC2C(=O)O)c1. The molecule has 0 amide bonds. The van der Waals surface area contributed by atoms with E-state index in [0.717, 1.165) is 17.5 Å². The lowest BCUT2D eigenvalue weighted by molar-refractivity contribution is -0.142. The number of hydrogen-bond acceptors (Lipinski definition) is 6. The number of benzene rings is 2. The Kier molecular flexibility index (Phi) is 6.49. The van der Waals surface area contributed by atoms with Gasteiger partial charge in [-0.15, -0.1) is 0 Å². The van der Waals surface area contributed by atoms with Crippen molar-refractivity contribution in [2.24, 2.45) is 0 Å². The molecule has 1 fully saturated rings. The van der Waals surface area contributed by atoms with Gasteiger partial charge >= 0.3 is 5.97 Å². The standard InChI is InChI=1S/C22H27NO6/c1-26-15-8-5-7-14(13-15)19(23-12-6-9-17(23)22(24)25)16-10-11-18(27-2)21(29-4)20(16)28-3/h5,7-8,10-11,13,17,19H,6,9,12H2,1-4H3,(H,24,25). The van der Waals surface area contributed by atoms with E-state index in [9.17, 15) is 9.90 Å². The summed E-state index contributed by atoms with van der Waals surface area (Å²) in [6.45, 7) is 0.663. The van der Waals surface area contributed by atoms with Crippen LogP contribution in [0.25, 0.3) is 0 Å². The Hall–Kier alpha value is -2.93. The average molecular weight is 401 g/mol. The minimum absolute atomic E-state index is 0.344. The molecule has 3 rings (SSSR count). The summed E-state index contributed by atoms with van der Waals surface area (Å²) in [7, 11) is 6.31. The van der Waals surface area contributed by atoms with Crippen molar-refractivity contribution in [3.8, 4) is 23.0 Å². The van der Waals surface area contributed by atoms with Crippen molar-refractivity contribution < 1.29 is 28.8 Å². The minimum atomic E-state index is -0.824. The van der Waals surface area contributed by atoms with Gasteiger partial charge < -0.3 is 24.1 Å². The molecule has 1 heterocycles. The van der Waals surface area contributed by atoms with E-state index < -0.39 is 12.0 Å². The van der Waals surface area contributed by atoms with Gasteiger partial charge in [0.05, 0.1) is 34.5 Å². The molecular formula is C22H27NO6. The molecule has 1 aliphatic rings. The number of hydrogen-bond donors (Lipinski definition) is 1. The lowest BCUT2D eigenvalue weighted by atomic mass is 9.94. The number of carboxylic acids is 1. The molecule has 0 radical (unpaired) electrons. The fourth-order valence-electron chi connectivity index (χ4n) is 4.06. The summed E-state index contributed by atoms with van der Waals surface area (Å²) in [4.78, 5) is 13.9. The molecule has 1 aliphatic heterocycles. The number of carboxylic acid groups (broad SMARTS) is 1. The van der Waals surface area contributed by atoms with Crippen molar-refractivity contribution in [1.82, 2.24) is 4.90 Å². The smallest absolute Gasteiger partial charge is 0.320 e. The maximum atomic E-state index is 11.9. The number of rotatable bonds is 8. The van der Waals surface area contributed by atoms with Crippen LogP contribution in [0.15, 0.2) is 36.4 Å². The summed E-state index contributed by atoms with van der Waals surface area (Å²) in [6, 6.07) is 10.5. The van der Waals surface area contributed by atoms with E-state index in [1.54, 1.807) is 28.4 Å². The van der Waals surface area contributed by atoms with Crippen LogP contribution in [0, 0.1) is 0 Å². The second kappa shape index (κ2) is 9.05. The van der Waals surface area contributed by atoms with Crippen LogP contribution in [0.3, 0.4) is 0 Å². The van der Waals surface area contributed by atoms with Crippen LogP contribution < -0.4 is 18.9 Å². The van der Waals surface area contributed by atoms with Gasteiger partial charge in [0.25, 0.3) is 0 Å². The number of nitrogens with zero attached hydrogens (tertiary/aromatic N) is 1. The molecule has 0 spiro atoms. The maximum Gasteiger partial charge on any atom is 0.320 e. The number of ether oxygens (including phenoxy) is 4. The zero-order valence-corrected chi connectivity index (χ0v) is 17.2. The molecule has 7 heteroatoms. The highest BCUT2D eigenvalue weighted by Crippen LogP contribution is 2.46. The van der Waals surface area contributed by atoms with E-state index in [4.69, 9.17) is 18.9 Å². The topological polar surface area (TPSA) is 77.5 Å². The van der Waals surface area contributed by atoms with Crippen molar-refractivity contribution >= 4 is 5.97 Å². The second-order valence-electron chi connectivity index (χ2n) is 6.84. The molecule has 2 unspecified atom stereocenters. The Morgan fingerprint density at radius 1 is 1.03 bits per heavy atom. The van der Waals surface area contributed by atoms with Crippen LogP contribution in [-0.2, 0) is 4.79 Å². The first-order chi connectivity index (χ1) is 14.0. The van der Waals surface area contributed by atoms with E-state index in [0.29, 0.717) is 36.0 Å². The third-order valence-corrected chi connectivity index (χ3v) is 5.35. The third-order valence-electron chi connectivity index (χ3n) is 5.35. The average Bonchev–Trinajstić information content (AvgIpc) is 3.23. The highest BCUT2D eigenvalue weighted by atomic mass is 16.5. The van der Waals surface area contributed by atoms with Crippen LogP contribution in [0.5, 0.6) is 23.0 Å². The van der Waals surface area contributed by atoms with Gasteiger partial charge in [-0.25, -0.2) is 0 Å². The van der Waals surface area contributed by atoms with Gasteiger partial charge in [-0.3, -0.25) is 9.69 Å². The first-order valence-corrected chi connectivity index (χ1v) is 9.47. The van der Waals surface area contributed by atoms with Crippen molar-refractivity contribution in [3.05, 3.63) is 47.5 Å². The molecular weight excluding hydrogens is 374 g/mol. The first kappa shape index (κ1) is 20.8. The Morgan fingerprint density at radius 3 is 2.41 bits per heavy atom. The summed E-state index contributed by atoms with van der Waals surface area (Å²) in [5.74, 6) is 1.43. The van der Waals surface area contributed by atoms with Gasteiger partial charge in [0.1, 0.15) is 11.8 Å². The van der Waals surface area contributed by atoms with E-state index >= 15 is 0 Å². The van der Waals surface area contributed by atoms with E-state index in [1.807, 2.05) is 41.3 Å². The predicted molar refractivity (Wildman–Crippen MR) is 108 cm³/mol. The molecule has 1 N–H and O–H groups in total. The Morgan fingerprint density at radius 2 is 1.79 bits per heavy atom. The van der Waals surface area contributed by atoms with Crippen LogP contribution in [0.4, 0.5) is 0 Å². The summed E-state index contributed by atoms with van der Waals surface area (Å²) in [5, 5.41) is 9.79. The number of methoxy groups -OCH3 is 4. The summed E-state index contributed by atoms with van der Waals surface area (Å²) < 4.78 is 22.1. The largest absolute Gasteiger partial charge is 0.497 e. The van der Waals surface area contributed by atoms with E-state index in [2.05, 4.69) is 0 Å². The Labute approximate surface area is 170 Å². The first-order valence-electron chi connectivity index (χ1n) is 9.47.